The maximum atomic E-state index is 6.02. The Kier molecular flexibility index (Phi) is 4.67. The number of nitrogens with zero attached hydrogens (tertiary/aromatic N) is 4. The highest BCUT2D eigenvalue weighted by molar-refractivity contribution is 5.56. The lowest BCUT2D eigenvalue weighted by Crippen LogP contribution is -2.40. The quantitative estimate of drug-likeness (QED) is 0.909. The topological polar surface area (TPSA) is 90.3 Å². The Labute approximate surface area is 147 Å². The predicted octanol–water partition coefficient (Wildman–Crippen LogP) is 2.13. The molecule has 2 fully saturated rings. The van der Waals surface area contributed by atoms with E-state index in [0.29, 0.717) is 31.5 Å². The summed E-state index contributed by atoms with van der Waals surface area (Å²) in [4.78, 5) is 11.6. The van der Waals surface area contributed by atoms with Crippen LogP contribution in [0.4, 0.5) is 5.82 Å². The zero-order chi connectivity index (χ0) is 17.1. The number of nitrogens with two attached hydrogens (primary N) is 1. The average molecular weight is 343 g/mol. The number of pyridine rings is 1. The monoisotopic (exact) mass is 343 g/mol. The molecule has 0 aliphatic carbocycles. The molecule has 0 atom stereocenters. The van der Waals surface area contributed by atoms with Crippen LogP contribution in [0.25, 0.3) is 11.4 Å². The smallest absolute Gasteiger partial charge is 0.234 e. The van der Waals surface area contributed by atoms with Crippen molar-refractivity contribution in [2.45, 2.75) is 37.5 Å². The Morgan fingerprint density at radius 2 is 1.92 bits per heavy atom. The molecule has 134 valence electrons. The van der Waals surface area contributed by atoms with Gasteiger partial charge >= 0.3 is 0 Å². The molecule has 0 saturated carbocycles. The van der Waals surface area contributed by atoms with Gasteiger partial charge in [0.1, 0.15) is 5.82 Å². The van der Waals surface area contributed by atoms with E-state index in [4.69, 9.17) is 15.0 Å². The van der Waals surface area contributed by atoms with Crippen LogP contribution in [0.15, 0.2) is 22.9 Å². The van der Waals surface area contributed by atoms with Crippen LogP contribution in [0, 0.1) is 0 Å². The fraction of sp³-hybridized carbons (Fsp3) is 0.611. The van der Waals surface area contributed by atoms with Gasteiger partial charge < -0.3 is 19.9 Å². The lowest BCUT2D eigenvalue weighted by Gasteiger charge is -2.32. The van der Waals surface area contributed by atoms with E-state index in [-0.39, 0.29) is 5.41 Å². The first-order chi connectivity index (χ1) is 12.3. The first kappa shape index (κ1) is 16.5. The lowest BCUT2D eigenvalue weighted by molar-refractivity contribution is 0.0409. The molecule has 0 radical (unpaired) electrons. The number of rotatable bonds is 4. The molecule has 0 unspecified atom stereocenters. The highest BCUT2D eigenvalue weighted by Gasteiger charge is 2.38. The minimum absolute atomic E-state index is 0.259. The molecule has 2 aromatic rings. The van der Waals surface area contributed by atoms with Crippen molar-refractivity contribution >= 4 is 5.82 Å². The summed E-state index contributed by atoms with van der Waals surface area (Å²) in [7, 11) is 0. The largest absolute Gasteiger partial charge is 0.381 e. The molecule has 0 aromatic carbocycles. The highest BCUT2D eigenvalue weighted by atomic mass is 16.5. The number of aromatic nitrogens is 3. The predicted molar refractivity (Wildman–Crippen MR) is 94.4 cm³/mol. The fourth-order valence-corrected chi connectivity index (χ4v) is 3.65. The van der Waals surface area contributed by atoms with Crippen molar-refractivity contribution < 1.29 is 9.26 Å². The molecule has 2 aliphatic rings. The molecular formula is C18H25N5O2. The Bertz CT molecular complexity index is 688. The van der Waals surface area contributed by atoms with E-state index >= 15 is 0 Å². The minimum atomic E-state index is -0.259. The molecule has 2 N–H and O–H groups in total. The van der Waals surface area contributed by atoms with Gasteiger partial charge in [-0.2, -0.15) is 4.98 Å². The summed E-state index contributed by atoms with van der Waals surface area (Å²) in [6, 6.07) is 4.06. The van der Waals surface area contributed by atoms with Gasteiger partial charge in [0, 0.05) is 44.6 Å². The van der Waals surface area contributed by atoms with E-state index in [1.807, 2.05) is 18.3 Å². The summed E-state index contributed by atoms with van der Waals surface area (Å²) < 4.78 is 11.0. The normalized spacial score (nSPS) is 20.6. The van der Waals surface area contributed by atoms with Crippen LogP contribution in [0.3, 0.4) is 0 Å². The summed E-state index contributed by atoms with van der Waals surface area (Å²) in [5.74, 6) is 2.22. The highest BCUT2D eigenvalue weighted by Crippen LogP contribution is 2.33. The number of hydrogen-bond acceptors (Lipinski definition) is 7. The third-order valence-electron chi connectivity index (χ3n) is 5.41. The van der Waals surface area contributed by atoms with Gasteiger partial charge in [0.25, 0.3) is 0 Å². The van der Waals surface area contributed by atoms with Gasteiger partial charge in [-0.25, -0.2) is 4.98 Å². The minimum Gasteiger partial charge on any atom is -0.381 e. The van der Waals surface area contributed by atoms with Gasteiger partial charge in [-0.1, -0.05) is 5.16 Å². The Morgan fingerprint density at radius 3 is 2.60 bits per heavy atom. The van der Waals surface area contributed by atoms with Crippen LogP contribution >= 0.6 is 0 Å². The van der Waals surface area contributed by atoms with E-state index < -0.39 is 0 Å². The van der Waals surface area contributed by atoms with Crippen LogP contribution in [0.5, 0.6) is 0 Å². The SMILES string of the molecule is NCC1(c2nc(-c3ccc(N4CCCCC4)nc3)no2)CCOCC1. The maximum absolute atomic E-state index is 6.02. The van der Waals surface area contributed by atoms with Gasteiger partial charge in [-0.15, -0.1) is 0 Å². The van der Waals surface area contributed by atoms with E-state index in [0.717, 1.165) is 37.3 Å². The molecule has 7 heteroatoms. The van der Waals surface area contributed by atoms with Crippen LogP contribution in [0.1, 0.15) is 38.0 Å². The van der Waals surface area contributed by atoms with Gasteiger partial charge in [0.05, 0.1) is 5.41 Å². The van der Waals surface area contributed by atoms with Crippen molar-refractivity contribution in [3.05, 3.63) is 24.2 Å². The first-order valence-corrected chi connectivity index (χ1v) is 9.14. The van der Waals surface area contributed by atoms with E-state index in [1.54, 1.807) is 0 Å². The van der Waals surface area contributed by atoms with Crippen LogP contribution in [-0.4, -0.2) is 48.0 Å². The number of hydrogen-bond donors (Lipinski definition) is 1. The summed E-state index contributed by atoms with van der Waals surface area (Å²) >= 11 is 0. The summed E-state index contributed by atoms with van der Waals surface area (Å²) in [5.41, 5.74) is 6.63. The molecule has 0 amide bonds. The van der Waals surface area contributed by atoms with Crippen molar-refractivity contribution in [1.29, 1.82) is 0 Å². The molecular weight excluding hydrogens is 318 g/mol. The Morgan fingerprint density at radius 1 is 1.12 bits per heavy atom. The fourth-order valence-electron chi connectivity index (χ4n) is 3.65. The number of ether oxygens (including phenoxy) is 1. The van der Waals surface area contributed by atoms with Crippen LogP contribution in [-0.2, 0) is 10.2 Å². The Hall–Kier alpha value is -1.99. The lowest BCUT2D eigenvalue weighted by atomic mass is 9.80. The summed E-state index contributed by atoms with van der Waals surface area (Å²) in [6.07, 6.45) is 7.26. The second-order valence-corrected chi connectivity index (χ2v) is 6.97. The van der Waals surface area contributed by atoms with E-state index in [2.05, 4.69) is 20.0 Å². The van der Waals surface area contributed by atoms with Crippen molar-refractivity contribution in [2.75, 3.05) is 37.7 Å². The second-order valence-electron chi connectivity index (χ2n) is 6.97. The maximum Gasteiger partial charge on any atom is 0.234 e. The Balaban J connectivity index is 1.53. The average Bonchev–Trinajstić information content (AvgIpc) is 3.20. The molecule has 2 aliphatic heterocycles. The van der Waals surface area contributed by atoms with Gasteiger partial charge in [0.15, 0.2) is 0 Å². The van der Waals surface area contributed by atoms with Crippen molar-refractivity contribution in [3.63, 3.8) is 0 Å². The third kappa shape index (κ3) is 3.26. The molecule has 2 saturated heterocycles. The number of piperidine rings is 1. The van der Waals surface area contributed by atoms with Crippen molar-refractivity contribution in [1.82, 2.24) is 15.1 Å². The molecule has 7 nitrogen and oxygen atoms in total. The molecule has 2 aromatic heterocycles. The van der Waals surface area contributed by atoms with Gasteiger partial charge in [0.2, 0.25) is 11.7 Å². The van der Waals surface area contributed by atoms with Crippen molar-refractivity contribution in [2.24, 2.45) is 5.73 Å². The molecule has 25 heavy (non-hydrogen) atoms. The number of anilines is 1. The van der Waals surface area contributed by atoms with Crippen LogP contribution in [0.2, 0.25) is 0 Å². The first-order valence-electron chi connectivity index (χ1n) is 9.14. The molecule has 0 bridgehead atoms. The van der Waals surface area contributed by atoms with E-state index in [1.165, 1.54) is 19.3 Å². The summed E-state index contributed by atoms with van der Waals surface area (Å²) in [6.45, 7) is 4.02. The zero-order valence-electron chi connectivity index (χ0n) is 14.5. The summed E-state index contributed by atoms with van der Waals surface area (Å²) in [5, 5.41) is 4.16. The zero-order valence-corrected chi connectivity index (χ0v) is 14.5. The second kappa shape index (κ2) is 7.09. The van der Waals surface area contributed by atoms with Gasteiger partial charge in [-0.3, -0.25) is 0 Å². The van der Waals surface area contributed by atoms with Crippen LogP contribution < -0.4 is 10.6 Å². The molecule has 4 rings (SSSR count). The van der Waals surface area contributed by atoms with E-state index in [9.17, 15) is 0 Å². The standard InChI is InChI=1S/C18H25N5O2/c19-13-18(6-10-24-11-7-18)17-21-16(22-25-17)14-4-5-15(20-12-14)23-8-2-1-3-9-23/h4-5,12H,1-3,6-11,13,19H2. The third-order valence-corrected chi connectivity index (χ3v) is 5.41. The van der Waals surface area contributed by atoms with Gasteiger partial charge in [-0.05, 0) is 44.2 Å². The molecule has 4 heterocycles. The van der Waals surface area contributed by atoms with Crippen molar-refractivity contribution in [3.8, 4) is 11.4 Å². The molecule has 0 spiro atoms.